The first-order chi connectivity index (χ1) is 10.4. The molecule has 0 aliphatic carbocycles. The molecule has 0 aliphatic rings. The molecule has 0 saturated heterocycles. The number of rotatable bonds is 5. The van der Waals surface area contributed by atoms with Crippen molar-refractivity contribution < 1.29 is 4.79 Å². The van der Waals surface area contributed by atoms with Crippen molar-refractivity contribution in [2.45, 2.75) is 47.1 Å². The summed E-state index contributed by atoms with van der Waals surface area (Å²) < 4.78 is 1.87. The first kappa shape index (κ1) is 16.3. The van der Waals surface area contributed by atoms with Gasteiger partial charge in [0.1, 0.15) is 0 Å². The fourth-order valence-electron chi connectivity index (χ4n) is 2.54. The second kappa shape index (κ2) is 6.77. The molecule has 1 heterocycles. The highest BCUT2D eigenvalue weighted by Gasteiger charge is 2.22. The molecule has 22 heavy (non-hydrogen) atoms. The van der Waals surface area contributed by atoms with Crippen molar-refractivity contribution in [1.82, 2.24) is 15.1 Å². The van der Waals surface area contributed by atoms with Gasteiger partial charge in [0.25, 0.3) is 5.91 Å². The van der Waals surface area contributed by atoms with E-state index in [0.29, 0.717) is 11.5 Å². The van der Waals surface area contributed by atoms with Crippen LogP contribution >= 0.6 is 0 Å². The van der Waals surface area contributed by atoms with Crippen LogP contribution in [0.25, 0.3) is 5.69 Å². The zero-order valence-electron chi connectivity index (χ0n) is 14.1. The predicted octanol–water partition coefficient (Wildman–Crippen LogP) is 3.52. The first-order valence-corrected chi connectivity index (χ1v) is 7.85. The molecule has 1 N–H and O–H groups in total. The summed E-state index contributed by atoms with van der Waals surface area (Å²) in [6.45, 7) is 10.2. The quantitative estimate of drug-likeness (QED) is 0.918. The molecule has 0 radical (unpaired) electrons. The summed E-state index contributed by atoms with van der Waals surface area (Å²) >= 11 is 0. The van der Waals surface area contributed by atoms with Crippen LogP contribution in [-0.4, -0.2) is 21.7 Å². The number of carbonyl (C=O) groups is 1. The Balaban J connectivity index is 2.50. The number of aromatic nitrogens is 2. The van der Waals surface area contributed by atoms with Crippen molar-refractivity contribution in [3.63, 3.8) is 0 Å². The van der Waals surface area contributed by atoms with Crippen LogP contribution in [0.5, 0.6) is 0 Å². The summed E-state index contributed by atoms with van der Waals surface area (Å²) in [6.07, 6.45) is 0.793. The second-order valence-electron chi connectivity index (χ2n) is 6.38. The molecule has 0 saturated carbocycles. The summed E-state index contributed by atoms with van der Waals surface area (Å²) in [5.74, 6) is 0.412. The topological polar surface area (TPSA) is 46.9 Å². The third-order valence-corrected chi connectivity index (χ3v) is 3.44. The fourth-order valence-corrected chi connectivity index (χ4v) is 2.54. The average molecular weight is 299 g/mol. The molecule has 2 aromatic rings. The van der Waals surface area contributed by atoms with Crippen molar-refractivity contribution in [3.8, 4) is 5.69 Å². The minimum atomic E-state index is -0.0367. The largest absolute Gasteiger partial charge is 0.350 e. The molecule has 0 bridgehead atoms. The Morgan fingerprint density at radius 3 is 2.36 bits per heavy atom. The molecule has 4 heteroatoms. The molecule has 2 rings (SSSR count). The third-order valence-electron chi connectivity index (χ3n) is 3.44. The number of carbonyl (C=O) groups excluding carboxylic acids is 1. The lowest BCUT2D eigenvalue weighted by atomic mass is 10.0. The van der Waals surface area contributed by atoms with Crippen LogP contribution in [-0.2, 0) is 6.42 Å². The monoisotopic (exact) mass is 299 g/mol. The van der Waals surface area contributed by atoms with Gasteiger partial charge in [0, 0.05) is 6.04 Å². The second-order valence-corrected chi connectivity index (χ2v) is 6.38. The smallest absolute Gasteiger partial charge is 0.255 e. The van der Waals surface area contributed by atoms with E-state index in [4.69, 9.17) is 5.10 Å². The lowest BCUT2D eigenvalue weighted by molar-refractivity contribution is 0.0941. The van der Waals surface area contributed by atoms with Gasteiger partial charge < -0.3 is 5.32 Å². The Morgan fingerprint density at radius 2 is 1.82 bits per heavy atom. The van der Waals surface area contributed by atoms with Crippen molar-refractivity contribution in [2.24, 2.45) is 5.92 Å². The average Bonchev–Trinajstić information content (AvgIpc) is 2.75. The molecule has 4 nitrogen and oxygen atoms in total. The van der Waals surface area contributed by atoms with Crippen molar-refractivity contribution >= 4 is 5.91 Å². The predicted molar refractivity (Wildman–Crippen MR) is 89.4 cm³/mol. The van der Waals surface area contributed by atoms with Crippen LogP contribution in [0.15, 0.2) is 30.3 Å². The maximum absolute atomic E-state index is 12.6. The van der Waals surface area contributed by atoms with E-state index in [1.54, 1.807) is 0 Å². The van der Waals surface area contributed by atoms with Gasteiger partial charge in [-0.25, -0.2) is 4.68 Å². The van der Waals surface area contributed by atoms with Gasteiger partial charge >= 0.3 is 0 Å². The molecule has 1 aromatic heterocycles. The van der Waals surface area contributed by atoms with E-state index in [1.807, 2.05) is 55.8 Å². The summed E-state index contributed by atoms with van der Waals surface area (Å²) in [5, 5.41) is 7.69. The number of hydrogen-bond acceptors (Lipinski definition) is 2. The molecule has 0 unspecified atom stereocenters. The van der Waals surface area contributed by atoms with Crippen LogP contribution in [0.1, 0.15) is 49.4 Å². The molecular weight excluding hydrogens is 274 g/mol. The van der Waals surface area contributed by atoms with E-state index in [-0.39, 0.29) is 11.9 Å². The highest BCUT2D eigenvalue weighted by Crippen LogP contribution is 2.21. The van der Waals surface area contributed by atoms with Crippen molar-refractivity contribution in [1.29, 1.82) is 0 Å². The molecule has 1 aromatic carbocycles. The van der Waals surface area contributed by atoms with Gasteiger partial charge in [0.15, 0.2) is 0 Å². The number of para-hydroxylation sites is 1. The van der Waals surface area contributed by atoms with Gasteiger partial charge in [-0.1, -0.05) is 32.0 Å². The van der Waals surface area contributed by atoms with Gasteiger partial charge in [-0.15, -0.1) is 0 Å². The van der Waals surface area contributed by atoms with Gasteiger partial charge in [-0.2, -0.15) is 5.10 Å². The number of nitrogens with zero attached hydrogens (tertiary/aromatic N) is 2. The van der Waals surface area contributed by atoms with E-state index >= 15 is 0 Å². The zero-order chi connectivity index (χ0) is 16.3. The van der Waals surface area contributed by atoms with Crippen molar-refractivity contribution in [3.05, 3.63) is 47.3 Å². The lowest BCUT2D eigenvalue weighted by Gasteiger charge is -2.10. The summed E-state index contributed by atoms with van der Waals surface area (Å²) in [7, 11) is 0. The van der Waals surface area contributed by atoms with E-state index < -0.39 is 0 Å². The van der Waals surface area contributed by atoms with Gasteiger partial charge in [-0.3, -0.25) is 4.79 Å². The molecular formula is C18H25N3O. The highest BCUT2D eigenvalue weighted by atomic mass is 16.1. The minimum Gasteiger partial charge on any atom is -0.350 e. The van der Waals surface area contributed by atoms with Crippen molar-refractivity contribution in [2.75, 3.05) is 0 Å². The van der Waals surface area contributed by atoms with Crippen LogP contribution in [0, 0.1) is 12.8 Å². The zero-order valence-corrected chi connectivity index (χ0v) is 14.1. The highest BCUT2D eigenvalue weighted by molar-refractivity contribution is 5.96. The van der Waals surface area contributed by atoms with E-state index in [1.165, 1.54) is 0 Å². The molecule has 0 spiro atoms. The number of benzene rings is 1. The van der Waals surface area contributed by atoms with E-state index in [9.17, 15) is 4.79 Å². The minimum absolute atomic E-state index is 0.0367. The summed E-state index contributed by atoms with van der Waals surface area (Å²) in [5.41, 5.74) is 3.45. The first-order valence-electron chi connectivity index (χ1n) is 7.85. The molecule has 0 aliphatic heterocycles. The summed E-state index contributed by atoms with van der Waals surface area (Å²) in [6, 6.07) is 10.0. The SMILES string of the molecule is Cc1c(C(=O)NC(C)C)c(CC(C)C)nn1-c1ccccc1. The van der Waals surface area contributed by atoms with Crippen LogP contribution in [0.2, 0.25) is 0 Å². The summed E-state index contributed by atoms with van der Waals surface area (Å²) in [4.78, 5) is 12.6. The number of hydrogen-bond donors (Lipinski definition) is 1. The molecule has 0 fully saturated rings. The lowest BCUT2D eigenvalue weighted by Crippen LogP contribution is -2.31. The Labute approximate surface area is 132 Å². The van der Waals surface area contributed by atoms with Gasteiger partial charge in [-0.05, 0) is 45.2 Å². The fraction of sp³-hybridized carbons (Fsp3) is 0.444. The van der Waals surface area contributed by atoms with E-state index in [0.717, 1.165) is 23.5 Å². The van der Waals surface area contributed by atoms with Gasteiger partial charge in [0.2, 0.25) is 0 Å². The molecule has 0 atom stereocenters. The number of amides is 1. The Kier molecular flexibility index (Phi) is 5.01. The standard InChI is InChI=1S/C18H25N3O/c1-12(2)11-16-17(18(22)19-13(3)4)14(5)21(20-16)15-9-7-6-8-10-15/h6-10,12-13H,11H2,1-5H3,(H,19,22). The maximum atomic E-state index is 12.6. The van der Waals surface area contributed by atoms with Crippen LogP contribution < -0.4 is 5.32 Å². The van der Waals surface area contributed by atoms with E-state index in [2.05, 4.69) is 19.2 Å². The maximum Gasteiger partial charge on any atom is 0.255 e. The third kappa shape index (κ3) is 3.56. The normalized spacial score (nSPS) is 11.2. The Hall–Kier alpha value is -2.10. The Bertz CT molecular complexity index is 642. The van der Waals surface area contributed by atoms with Gasteiger partial charge in [0.05, 0.1) is 22.6 Å². The van der Waals surface area contributed by atoms with Crippen LogP contribution in [0.3, 0.4) is 0 Å². The Morgan fingerprint density at radius 1 is 1.18 bits per heavy atom. The molecule has 1 amide bonds. The molecule has 118 valence electrons. The number of nitrogens with one attached hydrogen (secondary N) is 1. The van der Waals surface area contributed by atoms with Crippen LogP contribution in [0.4, 0.5) is 0 Å².